The van der Waals surface area contributed by atoms with Crippen LogP contribution in [0.4, 0.5) is 0 Å². The normalized spacial score (nSPS) is 30.5. The minimum Gasteiger partial charge on any atom is -0.504 e. The molecule has 0 amide bonds. The zero-order chi connectivity index (χ0) is 25.3. The molecule has 4 rings (SSSR count). The summed E-state index contributed by atoms with van der Waals surface area (Å²) in [6, 6.07) is 8.34. The number of aliphatic hydroxyl groups excluding tert-OH is 4. The Kier molecular flexibility index (Phi) is 7.70. The van der Waals surface area contributed by atoms with Crippen molar-refractivity contribution < 1.29 is 49.6 Å². The zero-order valence-corrected chi connectivity index (χ0v) is 19.6. The highest BCUT2D eigenvalue weighted by atomic mass is 16.7. The molecule has 2 aromatic rings. The molecule has 7 atom stereocenters. The molecule has 0 saturated carbocycles. The van der Waals surface area contributed by atoms with Crippen LogP contribution in [0.3, 0.4) is 0 Å². The first-order valence-electron chi connectivity index (χ1n) is 11.4. The van der Waals surface area contributed by atoms with E-state index in [1.807, 2.05) is 0 Å². The van der Waals surface area contributed by atoms with Crippen molar-refractivity contribution in [3.8, 4) is 23.0 Å². The standard InChI is InChI=1S/C25H32O10/c1-32-20-6-12(3-4-17(20)27)22-15-8-18(28)21(33-2)7-13(15)5-14(16(22)9-26)10-34-25-24(31)23(30)19(29)11-35-25/h3-4,6-8,14,16,19,22-31H,5,9-11H2,1-2H3/t14-,16-,19-,22-,23-,24-,25-/m0/s1. The zero-order valence-electron chi connectivity index (χ0n) is 19.6. The Bertz CT molecular complexity index is 1030. The van der Waals surface area contributed by atoms with E-state index in [2.05, 4.69) is 0 Å². The van der Waals surface area contributed by atoms with Crippen LogP contribution >= 0.6 is 0 Å². The third-order valence-electron chi connectivity index (χ3n) is 6.99. The molecule has 1 aliphatic carbocycles. The van der Waals surface area contributed by atoms with Crippen molar-refractivity contribution in [3.63, 3.8) is 0 Å². The molecule has 0 bridgehead atoms. The van der Waals surface area contributed by atoms with Gasteiger partial charge in [-0.05, 0) is 59.2 Å². The Labute approximate surface area is 202 Å². The molecule has 1 saturated heterocycles. The fourth-order valence-corrected chi connectivity index (χ4v) is 5.09. The van der Waals surface area contributed by atoms with Gasteiger partial charge in [-0.25, -0.2) is 0 Å². The number of phenols is 2. The molecule has 2 aromatic carbocycles. The van der Waals surface area contributed by atoms with Gasteiger partial charge in [0.05, 0.1) is 27.4 Å². The Balaban J connectivity index is 1.69. The van der Waals surface area contributed by atoms with Crippen LogP contribution in [0.25, 0.3) is 0 Å². The lowest BCUT2D eigenvalue weighted by Crippen LogP contribution is -2.54. The number of hydrogen-bond acceptors (Lipinski definition) is 10. The smallest absolute Gasteiger partial charge is 0.186 e. The minimum absolute atomic E-state index is 0.0190. The Morgan fingerprint density at radius 3 is 2.34 bits per heavy atom. The average Bonchev–Trinajstić information content (AvgIpc) is 2.86. The second-order valence-corrected chi connectivity index (χ2v) is 9.03. The topological polar surface area (TPSA) is 158 Å². The third-order valence-corrected chi connectivity index (χ3v) is 6.99. The fourth-order valence-electron chi connectivity index (χ4n) is 5.09. The number of methoxy groups -OCH3 is 2. The van der Waals surface area contributed by atoms with Crippen molar-refractivity contribution in [1.82, 2.24) is 0 Å². The summed E-state index contributed by atoms with van der Waals surface area (Å²) in [7, 11) is 2.91. The second-order valence-electron chi connectivity index (χ2n) is 9.03. The van der Waals surface area contributed by atoms with Gasteiger partial charge < -0.3 is 49.6 Å². The van der Waals surface area contributed by atoms with E-state index in [0.29, 0.717) is 12.2 Å². The quantitative estimate of drug-likeness (QED) is 0.321. The van der Waals surface area contributed by atoms with E-state index < -0.39 is 24.6 Å². The SMILES string of the molecule is COc1cc([C@H]2c3cc(O)c(OC)cc3C[C@@H](CO[C@H]3OC[C@H](O)[C@H](O)[C@@H]3O)[C@@H]2CO)ccc1O. The number of ether oxygens (including phenoxy) is 4. The van der Waals surface area contributed by atoms with E-state index in [1.165, 1.54) is 20.3 Å². The summed E-state index contributed by atoms with van der Waals surface area (Å²) in [5, 5.41) is 60.9. The maximum atomic E-state index is 10.5. The van der Waals surface area contributed by atoms with Crippen LogP contribution in [-0.4, -0.2) is 89.3 Å². The monoisotopic (exact) mass is 492 g/mol. The largest absolute Gasteiger partial charge is 0.504 e. The van der Waals surface area contributed by atoms with Gasteiger partial charge >= 0.3 is 0 Å². The maximum Gasteiger partial charge on any atom is 0.186 e. The lowest BCUT2D eigenvalue weighted by molar-refractivity contribution is -0.273. The van der Waals surface area contributed by atoms with Gasteiger partial charge in [0.25, 0.3) is 0 Å². The van der Waals surface area contributed by atoms with Crippen LogP contribution < -0.4 is 9.47 Å². The predicted molar refractivity (Wildman–Crippen MR) is 123 cm³/mol. The summed E-state index contributed by atoms with van der Waals surface area (Å²) in [4.78, 5) is 0. The lowest BCUT2D eigenvalue weighted by Gasteiger charge is -2.41. The van der Waals surface area contributed by atoms with E-state index in [9.17, 15) is 30.6 Å². The summed E-state index contributed by atoms with van der Waals surface area (Å²) in [5.74, 6) is -0.436. The molecular weight excluding hydrogens is 460 g/mol. The van der Waals surface area contributed by atoms with Crippen LogP contribution in [0.1, 0.15) is 22.6 Å². The maximum absolute atomic E-state index is 10.5. The molecule has 2 aliphatic rings. The molecular formula is C25H32O10. The number of rotatable bonds is 7. The van der Waals surface area contributed by atoms with Gasteiger partial charge in [0.1, 0.15) is 18.3 Å². The van der Waals surface area contributed by atoms with Crippen LogP contribution in [0, 0.1) is 11.8 Å². The van der Waals surface area contributed by atoms with E-state index in [1.54, 1.807) is 24.3 Å². The molecule has 6 N–H and O–H groups in total. The summed E-state index contributed by atoms with van der Waals surface area (Å²) < 4.78 is 21.8. The lowest BCUT2D eigenvalue weighted by atomic mass is 9.67. The Morgan fingerprint density at radius 1 is 0.943 bits per heavy atom. The van der Waals surface area contributed by atoms with Crippen molar-refractivity contribution in [2.24, 2.45) is 11.8 Å². The molecule has 1 heterocycles. The number of fused-ring (bicyclic) bond motifs is 1. The van der Waals surface area contributed by atoms with Gasteiger partial charge in [0.15, 0.2) is 29.3 Å². The number of phenolic OH excluding ortho intramolecular Hbond substituents is 2. The highest BCUT2D eigenvalue weighted by Gasteiger charge is 2.42. The van der Waals surface area contributed by atoms with Gasteiger partial charge in [-0.2, -0.15) is 0 Å². The van der Waals surface area contributed by atoms with Gasteiger partial charge in [0, 0.05) is 12.5 Å². The number of benzene rings is 2. The molecule has 0 radical (unpaired) electrons. The van der Waals surface area contributed by atoms with Crippen LogP contribution in [0.2, 0.25) is 0 Å². The molecule has 10 heteroatoms. The van der Waals surface area contributed by atoms with E-state index in [-0.39, 0.29) is 54.8 Å². The molecule has 10 nitrogen and oxygen atoms in total. The first-order chi connectivity index (χ1) is 16.8. The predicted octanol–water partition coefficient (Wildman–Crippen LogP) is 0.483. The first-order valence-corrected chi connectivity index (χ1v) is 11.4. The van der Waals surface area contributed by atoms with Crippen molar-refractivity contribution in [2.45, 2.75) is 36.9 Å². The van der Waals surface area contributed by atoms with E-state index in [0.717, 1.165) is 16.7 Å². The van der Waals surface area contributed by atoms with E-state index in [4.69, 9.17) is 18.9 Å². The summed E-state index contributed by atoms with van der Waals surface area (Å²) in [6.45, 7) is -0.292. The number of hydrogen-bond donors (Lipinski definition) is 6. The van der Waals surface area contributed by atoms with Crippen LogP contribution in [-0.2, 0) is 15.9 Å². The van der Waals surface area contributed by atoms with Crippen molar-refractivity contribution in [3.05, 3.63) is 47.0 Å². The van der Waals surface area contributed by atoms with Crippen molar-refractivity contribution >= 4 is 0 Å². The first kappa shape index (κ1) is 25.5. The summed E-state index contributed by atoms with van der Waals surface area (Å²) in [6.07, 6.45) is -4.66. The molecule has 1 fully saturated rings. The molecule has 0 aromatic heterocycles. The number of aromatic hydroxyl groups is 2. The van der Waals surface area contributed by atoms with Gasteiger partial charge in [-0.1, -0.05) is 6.07 Å². The summed E-state index contributed by atoms with van der Waals surface area (Å²) >= 11 is 0. The highest BCUT2D eigenvalue weighted by molar-refractivity contribution is 5.53. The van der Waals surface area contributed by atoms with Gasteiger partial charge in [0.2, 0.25) is 0 Å². The average molecular weight is 493 g/mol. The Morgan fingerprint density at radius 2 is 1.66 bits per heavy atom. The molecule has 0 unspecified atom stereocenters. The minimum atomic E-state index is -1.42. The van der Waals surface area contributed by atoms with Crippen LogP contribution in [0.5, 0.6) is 23.0 Å². The highest BCUT2D eigenvalue weighted by Crippen LogP contribution is 2.48. The number of aliphatic hydroxyl groups is 4. The molecule has 192 valence electrons. The van der Waals surface area contributed by atoms with Crippen LogP contribution in [0.15, 0.2) is 30.3 Å². The molecule has 1 aliphatic heterocycles. The van der Waals surface area contributed by atoms with Gasteiger partial charge in [-0.15, -0.1) is 0 Å². The van der Waals surface area contributed by atoms with Crippen molar-refractivity contribution in [2.75, 3.05) is 34.0 Å². The molecule has 0 spiro atoms. The van der Waals surface area contributed by atoms with E-state index >= 15 is 0 Å². The summed E-state index contributed by atoms with van der Waals surface area (Å²) in [5.41, 5.74) is 2.45. The fraction of sp³-hybridized carbons (Fsp3) is 0.520. The van der Waals surface area contributed by atoms with Crippen molar-refractivity contribution in [1.29, 1.82) is 0 Å². The Hall–Kier alpha value is -2.60. The third kappa shape index (κ3) is 4.90. The second kappa shape index (κ2) is 10.6. The molecule has 35 heavy (non-hydrogen) atoms. The van der Waals surface area contributed by atoms with Gasteiger partial charge in [-0.3, -0.25) is 0 Å².